The van der Waals surface area contributed by atoms with Gasteiger partial charge in [-0.1, -0.05) is 13.3 Å². The van der Waals surface area contributed by atoms with Gasteiger partial charge in [0.1, 0.15) is 12.2 Å². The average molecular weight is 335 g/mol. The van der Waals surface area contributed by atoms with Crippen molar-refractivity contribution in [2.45, 2.75) is 50.6 Å². The highest BCUT2D eigenvalue weighted by Crippen LogP contribution is 2.31. The van der Waals surface area contributed by atoms with E-state index in [9.17, 15) is 9.59 Å². The summed E-state index contributed by atoms with van der Waals surface area (Å²) in [5.41, 5.74) is 0.376. The largest absolute Gasteiger partial charge is 0.457 e. The minimum Gasteiger partial charge on any atom is -0.457 e. The highest BCUT2D eigenvalue weighted by Gasteiger charge is 2.51. The van der Waals surface area contributed by atoms with Gasteiger partial charge in [-0.3, -0.25) is 9.78 Å². The molecule has 0 amide bonds. The van der Waals surface area contributed by atoms with Gasteiger partial charge >= 0.3 is 11.9 Å². The molecule has 2 aliphatic heterocycles. The van der Waals surface area contributed by atoms with E-state index in [1.165, 1.54) is 6.20 Å². The van der Waals surface area contributed by atoms with Crippen molar-refractivity contribution in [1.82, 2.24) is 4.98 Å². The van der Waals surface area contributed by atoms with Crippen LogP contribution in [0, 0.1) is 0 Å². The van der Waals surface area contributed by atoms with Crippen molar-refractivity contribution < 1.29 is 28.5 Å². The number of hydrogen-bond acceptors (Lipinski definition) is 7. The van der Waals surface area contributed by atoms with E-state index in [1.807, 2.05) is 6.92 Å². The predicted octanol–water partition coefficient (Wildman–Crippen LogP) is 1.51. The van der Waals surface area contributed by atoms with Crippen LogP contribution >= 0.6 is 0 Å². The first kappa shape index (κ1) is 16.9. The molecule has 0 aliphatic carbocycles. The Bertz CT molecular complexity index is 578. The monoisotopic (exact) mass is 335 g/mol. The number of rotatable bonds is 6. The van der Waals surface area contributed by atoms with Crippen LogP contribution in [0.1, 0.15) is 36.5 Å². The van der Waals surface area contributed by atoms with Gasteiger partial charge in [0, 0.05) is 18.8 Å². The number of ether oxygens (including phenoxy) is 4. The van der Waals surface area contributed by atoms with Crippen molar-refractivity contribution in [2.24, 2.45) is 0 Å². The Labute approximate surface area is 140 Å². The molecule has 24 heavy (non-hydrogen) atoms. The summed E-state index contributed by atoms with van der Waals surface area (Å²) in [6, 6.07) is 3.30. The molecule has 0 radical (unpaired) electrons. The van der Waals surface area contributed by atoms with Crippen molar-refractivity contribution in [3.8, 4) is 0 Å². The van der Waals surface area contributed by atoms with Crippen molar-refractivity contribution in [3.63, 3.8) is 0 Å². The van der Waals surface area contributed by atoms with Gasteiger partial charge in [0.25, 0.3) is 0 Å². The second-order valence-corrected chi connectivity index (χ2v) is 5.91. The maximum absolute atomic E-state index is 12.1. The highest BCUT2D eigenvalue weighted by molar-refractivity contribution is 5.89. The van der Waals surface area contributed by atoms with E-state index in [-0.39, 0.29) is 25.3 Å². The fraction of sp³-hybridized carbons (Fsp3) is 0.588. The summed E-state index contributed by atoms with van der Waals surface area (Å²) in [4.78, 5) is 27.8. The molecule has 0 N–H and O–H groups in total. The van der Waals surface area contributed by atoms with Crippen molar-refractivity contribution in [1.29, 1.82) is 0 Å². The first-order valence-corrected chi connectivity index (χ1v) is 8.22. The molecule has 3 heterocycles. The lowest BCUT2D eigenvalue weighted by atomic mass is 10.1. The van der Waals surface area contributed by atoms with E-state index in [4.69, 9.17) is 18.9 Å². The highest BCUT2D eigenvalue weighted by atomic mass is 16.7. The van der Waals surface area contributed by atoms with Crippen LogP contribution in [0.4, 0.5) is 0 Å². The number of unbranched alkanes of at least 4 members (excludes halogenated alkanes) is 1. The lowest BCUT2D eigenvalue weighted by Crippen LogP contribution is -2.36. The van der Waals surface area contributed by atoms with Crippen molar-refractivity contribution in [3.05, 3.63) is 30.1 Å². The smallest absolute Gasteiger partial charge is 0.340 e. The zero-order chi connectivity index (χ0) is 16.9. The maximum atomic E-state index is 12.1. The van der Waals surface area contributed by atoms with E-state index in [1.54, 1.807) is 18.3 Å². The molecule has 130 valence electrons. The molecule has 0 bridgehead atoms. The zero-order valence-electron chi connectivity index (χ0n) is 13.6. The molecule has 0 spiro atoms. The summed E-state index contributed by atoms with van der Waals surface area (Å²) in [5, 5.41) is 0. The number of nitrogens with zero attached hydrogens (tertiary/aromatic N) is 1. The number of carbonyl (C=O) groups is 2. The summed E-state index contributed by atoms with van der Waals surface area (Å²) < 4.78 is 22.2. The van der Waals surface area contributed by atoms with Crippen LogP contribution in [0.5, 0.6) is 0 Å². The molecule has 7 nitrogen and oxygen atoms in total. The van der Waals surface area contributed by atoms with E-state index in [0.29, 0.717) is 12.0 Å². The van der Waals surface area contributed by atoms with E-state index in [0.717, 1.165) is 12.8 Å². The Balaban J connectivity index is 1.53. The second kappa shape index (κ2) is 7.72. The average Bonchev–Trinajstić information content (AvgIpc) is 3.17. The third-order valence-corrected chi connectivity index (χ3v) is 4.14. The molecule has 0 saturated carbocycles. The summed E-state index contributed by atoms with van der Waals surface area (Å²) >= 11 is 0. The third kappa shape index (κ3) is 3.73. The zero-order valence-corrected chi connectivity index (χ0v) is 13.6. The van der Waals surface area contributed by atoms with Crippen LogP contribution in [0.25, 0.3) is 0 Å². The molecule has 3 rings (SSSR count). The quantitative estimate of drug-likeness (QED) is 0.729. The minimum absolute atomic E-state index is 0.227. The molecule has 2 aliphatic rings. The van der Waals surface area contributed by atoms with Crippen LogP contribution < -0.4 is 0 Å². The van der Waals surface area contributed by atoms with Gasteiger partial charge in [-0.15, -0.1) is 0 Å². The van der Waals surface area contributed by atoms with Crippen LogP contribution in [-0.4, -0.2) is 54.6 Å². The van der Waals surface area contributed by atoms with Crippen LogP contribution in [0.15, 0.2) is 24.5 Å². The molecule has 0 aromatic carbocycles. The van der Waals surface area contributed by atoms with Gasteiger partial charge in [-0.25, -0.2) is 4.79 Å². The van der Waals surface area contributed by atoms with E-state index < -0.39 is 24.3 Å². The first-order chi connectivity index (χ1) is 11.7. The summed E-state index contributed by atoms with van der Waals surface area (Å²) in [5.74, 6) is -0.713. The van der Waals surface area contributed by atoms with Gasteiger partial charge in [0.15, 0.2) is 12.2 Å². The molecule has 4 atom stereocenters. The summed E-state index contributed by atoms with van der Waals surface area (Å²) in [7, 11) is 0. The molecule has 2 fully saturated rings. The number of aromatic nitrogens is 1. The van der Waals surface area contributed by atoms with Crippen molar-refractivity contribution in [2.75, 3.05) is 13.2 Å². The number of esters is 2. The lowest BCUT2D eigenvalue weighted by molar-refractivity contribution is -0.153. The fourth-order valence-corrected chi connectivity index (χ4v) is 2.87. The van der Waals surface area contributed by atoms with E-state index >= 15 is 0 Å². The lowest BCUT2D eigenvalue weighted by Gasteiger charge is -2.17. The molecule has 1 aromatic rings. The standard InChI is InChI=1S/C17H21NO6/c1-2-3-6-14(19)23-12-9-21-16-13(10-22-15(12)16)24-17(20)11-5-4-7-18-8-11/h4-5,7-8,12-13,15-16H,2-3,6,9-10H2,1H3/t12-,13+,15+,16+/m0/s1. The van der Waals surface area contributed by atoms with E-state index in [2.05, 4.69) is 4.98 Å². The topological polar surface area (TPSA) is 84.0 Å². The Hall–Kier alpha value is -1.99. The number of fused-ring (bicyclic) bond motifs is 1. The Kier molecular flexibility index (Phi) is 5.42. The van der Waals surface area contributed by atoms with Gasteiger partial charge < -0.3 is 18.9 Å². The van der Waals surface area contributed by atoms with Gasteiger partial charge in [0.05, 0.1) is 18.8 Å². The fourth-order valence-electron chi connectivity index (χ4n) is 2.87. The Morgan fingerprint density at radius 1 is 1.21 bits per heavy atom. The SMILES string of the molecule is CCCCC(=O)O[C@H]1CO[C@H]2[C@@H]1OC[C@H]2OC(=O)c1cccnc1. The van der Waals surface area contributed by atoms with Crippen molar-refractivity contribution >= 4 is 11.9 Å². The Morgan fingerprint density at radius 2 is 1.92 bits per heavy atom. The first-order valence-electron chi connectivity index (χ1n) is 8.22. The number of hydrogen-bond donors (Lipinski definition) is 0. The van der Waals surface area contributed by atoms with Crippen LogP contribution in [0.2, 0.25) is 0 Å². The molecule has 1 aromatic heterocycles. The third-order valence-electron chi connectivity index (χ3n) is 4.14. The molecule has 0 unspecified atom stereocenters. The summed E-state index contributed by atoms with van der Waals surface area (Å²) in [6.07, 6.45) is 3.41. The number of carbonyl (C=O) groups excluding carboxylic acids is 2. The van der Waals surface area contributed by atoms with Gasteiger partial charge in [0.2, 0.25) is 0 Å². The van der Waals surface area contributed by atoms with Gasteiger partial charge in [-0.2, -0.15) is 0 Å². The predicted molar refractivity (Wildman–Crippen MR) is 82.3 cm³/mol. The van der Waals surface area contributed by atoms with Crippen LogP contribution in [-0.2, 0) is 23.7 Å². The van der Waals surface area contributed by atoms with Crippen LogP contribution in [0.3, 0.4) is 0 Å². The minimum atomic E-state index is -0.512. The maximum Gasteiger partial charge on any atom is 0.340 e. The molecule has 2 saturated heterocycles. The molecular formula is C17H21NO6. The molecular weight excluding hydrogens is 314 g/mol. The second-order valence-electron chi connectivity index (χ2n) is 5.91. The number of pyridine rings is 1. The van der Waals surface area contributed by atoms with Gasteiger partial charge in [-0.05, 0) is 18.6 Å². The Morgan fingerprint density at radius 3 is 2.54 bits per heavy atom. The summed E-state index contributed by atoms with van der Waals surface area (Å²) in [6.45, 7) is 2.50. The normalized spacial score (nSPS) is 28.4. The molecule has 7 heteroatoms.